The first kappa shape index (κ1) is 13.9. The number of hydrogen-bond donors (Lipinski definition) is 0. The van der Waals surface area contributed by atoms with Gasteiger partial charge in [0.1, 0.15) is 14.6 Å². The molecule has 0 aromatic carbocycles. The largest absolute Gasteiger partial charge is 0.303 e. The van der Waals surface area contributed by atoms with Crippen molar-refractivity contribution in [3.8, 4) is 6.07 Å². The molecule has 0 amide bonds. The van der Waals surface area contributed by atoms with Crippen molar-refractivity contribution in [2.45, 2.75) is 31.4 Å². The number of aldehydes is 1. The number of thiocarbonyl (C=S) groups is 1. The van der Waals surface area contributed by atoms with Crippen LogP contribution in [-0.4, -0.2) is 20.3 Å². The maximum Gasteiger partial charge on any atom is 0.120 e. The van der Waals surface area contributed by atoms with Crippen molar-refractivity contribution in [2.24, 2.45) is 0 Å². The Labute approximate surface area is 98.8 Å². The summed E-state index contributed by atoms with van der Waals surface area (Å²) in [6.45, 7) is 3.84. The smallest absolute Gasteiger partial charge is 0.120 e. The van der Waals surface area contributed by atoms with Gasteiger partial charge in [0, 0.05) is 6.42 Å². The molecule has 0 aliphatic carbocycles. The van der Waals surface area contributed by atoms with Gasteiger partial charge in [-0.05, 0) is 19.1 Å². The van der Waals surface area contributed by atoms with E-state index in [4.69, 9.17) is 17.5 Å². The second-order valence-electron chi connectivity index (χ2n) is 2.83. The van der Waals surface area contributed by atoms with E-state index in [1.807, 2.05) is 13.8 Å². The van der Waals surface area contributed by atoms with Crippen LogP contribution < -0.4 is 0 Å². The molecule has 0 aliphatic rings. The van der Waals surface area contributed by atoms with E-state index in [9.17, 15) is 4.79 Å². The summed E-state index contributed by atoms with van der Waals surface area (Å²) in [5, 5.41) is 8.97. The third-order valence-electron chi connectivity index (χ3n) is 1.55. The van der Waals surface area contributed by atoms with Crippen LogP contribution in [0.25, 0.3) is 0 Å². The van der Waals surface area contributed by atoms with Crippen molar-refractivity contribution >= 4 is 45.6 Å². The number of nitrogens with zero attached hydrogens (tertiary/aromatic N) is 1. The molecule has 0 saturated heterocycles. The average molecular weight is 247 g/mol. The van der Waals surface area contributed by atoms with Crippen molar-refractivity contribution < 1.29 is 4.79 Å². The Kier molecular flexibility index (Phi) is 7.24. The molecule has 0 aliphatic heterocycles. The van der Waals surface area contributed by atoms with Gasteiger partial charge in [-0.2, -0.15) is 5.26 Å². The highest BCUT2D eigenvalue weighted by atomic mass is 32.2. The van der Waals surface area contributed by atoms with E-state index < -0.39 is 4.75 Å². The highest BCUT2D eigenvalue weighted by Crippen LogP contribution is 2.33. The van der Waals surface area contributed by atoms with Gasteiger partial charge < -0.3 is 4.79 Å². The Hall–Kier alpha value is -0.0500. The van der Waals surface area contributed by atoms with E-state index in [1.165, 1.54) is 11.8 Å². The van der Waals surface area contributed by atoms with Gasteiger partial charge in [-0.25, -0.2) is 0 Å². The lowest BCUT2D eigenvalue weighted by molar-refractivity contribution is -0.107. The van der Waals surface area contributed by atoms with Crippen molar-refractivity contribution in [3.63, 3.8) is 0 Å². The zero-order valence-corrected chi connectivity index (χ0v) is 10.7. The van der Waals surface area contributed by atoms with Crippen LogP contribution in [0.5, 0.6) is 0 Å². The molecule has 14 heavy (non-hydrogen) atoms. The highest BCUT2D eigenvalue weighted by Gasteiger charge is 2.26. The number of thioether (sulfide) groups is 2. The molecule has 1 atom stereocenters. The van der Waals surface area contributed by atoms with Crippen LogP contribution in [0.4, 0.5) is 0 Å². The lowest BCUT2D eigenvalue weighted by Gasteiger charge is -2.19. The molecule has 0 fully saturated rings. The summed E-state index contributed by atoms with van der Waals surface area (Å²) >= 11 is 8.05. The Bertz CT molecular complexity index is 249. The SMILES string of the molecule is CCSC(=S)SC(C)(C#N)CCC=O. The molecule has 1 unspecified atom stereocenters. The van der Waals surface area contributed by atoms with Crippen molar-refractivity contribution in [3.05, 3.63) is 0 Å². The van der Waals surface area contributed by atoms with Gasteiger partial charge in [0.2, 0.25) is 0 Å². The predicted molar refractivity (Wildman–Crippen MR) is 67.6 cm³/mol. The topological polar surface area (TPSA) is 40.9 Å². The number of rotatable bonds is 5. The third-order valence-corrected chi connectivity index (χ3v) is 4.19. The predicted octanol–water partition coefficient (Wildman–Crippen LogP) is 3.02. The summed E-state index contributed by atoms with van der Waals surface area (Å²) in [6.07, 6.45) is 1.81. The first-order valence-electron chi connectivity index (χ1n) is 4.28. The molecule has 0 bridgehead atoms. The normalized spacial score (nSPS) is 14.1. The van der Waals surface area contributed by atoms with Crippen LogP contribution in [0.15, 0.2) is 0 Å². The van der Waals surface area contributed by atoms with E-state index in [0.717, 1.165) is 15.6 Å². The Morgan fingerprint density at radius 3 is 2.79 bits per heavy atom. The van der Waals surface area contributed by atoms with Gasteiger partial charge in [-0.15, -0.1) is 11.8 Å². The summed E-state index contributed by atoms with van der Waals surface area (Å²) < 4.78 is 0.225. The second-order valence-corrected chi connectivity index (χ2v) is 6.80. The van der Waals surface area contributed by atoms with Crippen molar-refractivity contribution in [1.29, 1.82) is 5.26 Å². The van der Waals surface area contributed by atoms with Gasteiger partial charge >= 0.3 is 0 Å². The molecular formula is C9H13NOS3. The van der Waals surface area contributed by atoms with Crippen LogP contribution in [-0.2, 0) is 4.79 Å². The molecule has 0 aromatic heterocycles. The summed E-state index contributed by atoms with van der Waals surface area (Å²) in [4.78, 5) is 10.2. The summed E-state index contributed by atoms with van der Waals surface area (Å²) in [6, 6.07) is 2.21. The maximum absolute atomic E-state index is 10.2. The zero-order chi connectivity index (χ0) is 11.0. The second kappa shape index (κ2) is 7.27. The fourth-order valence-electron chi connectivity index (χ4n) is 0.795. The van der Waals surface area contributed by atoms with E-state index >= 15 is 0 Å². The Morgan fingerprint density at radius 2 is 2.36 bits per heavy atom. The van der Waals surface area contributed by atoms with E-state index in [2.05, 4.69) is 6.07 Å². The van der Waals surface area contributed by atoms with Crippen LogP contribution in [0, 0.1) is 11.3 Å². The number of hydrogen-bond acceptors (Lipinski definition) is 5. The van der Waals surface area contributed by atoms with Crippen LogP contribution in [0.3, 0.4) is 0 Å². The Balaban J connectivity index is 4.18. The number of nitriles is 1. The fourth-order valence-corrected chi connectivity index (χ4v) is 3.71. The molecule has 0 heterocycles. The van der Waals surface area contributed by atoms with Gasteiger partial charge in [-0.3, -0.25) is 0 Å². The van der Waals surface area contributed by atoms with Crippen molar-refractivity contribution in [2.75, 3.05) is 5.75 Å². The molecule has 5 heteroatoms. The van der Waals surface area contributed by atoms with E-state index in [-0.39, 0.29) is 0 Å². The van der Waals surface area contributed by atoms with Gasteiger partial charge in [0.25, 0.3) is 0 Å². The number of carbonyl (C=O) groups is 1. The molecule has 0 radical (unpaired) electrons. The molecule has 0 aromatic rings. The lowest BCUT2D eigenvalue weighted by Crippen LogP contribution is -2.18. The molecule has 2 nitrogen and oxygen atoms in total. The minimum absolute atomic E-state index is 0.413. The first-order chi connectivity index (χ1) is 6.58. The fraction of sp³-hybridized carbons (Fsp3) is 0.667. The zero-order valence-electron chi connectivity index (χ0n) is 8.28. The first-order valence-corrected chi connectivity index (χ1v) is 6.49. The van der Waals surface area contributed by atoms with E-state index in [0.29, 0.717) is 12.8 Å². The maximum atomic E-state index is 10.2. The highest BCUT2D eigenvalue weighted by molar-refractivity contribution is 8.47. The molecule has 0 N–H and O–H groups in total. The molecule has 0 saturated carbocycles. The summed E-state index contributed by atoms with van der Waals surface area (Å²) in [5.74, 6) is 0.918. The van der Waals surface area contributed by atoms with Crippen LogP contribution >= 0.6 is 35.7 Å². The average Bonchev–Trinajstić information content (AvgIpc) is 2.15. The Morgan fingerprint density at radius 1 is 1.71 bits per heavy atom. The monoisotopic (exact) mass is 247 g/mol. The van der Waals surface area contributed by atoms with Crippen LogP contribution in [0.2, 0.25) is 0 Å². The van der Waals surface area contributed by atoms with E-state index in [1.54, 1.807) is 11.8 Å². The van der Waals surface area contributed by atoms with Crippen molar-refractivity contribution in [1.82, 2.24) is 0 Å². The van der Waals surface area contributed by atoms with Crippen LogP contribution in [0.1, 0.15) is 26.7 Å². The van der Waals surface area contributed by atoms with Gasteiger partial charge in [-0.1, -0.05) is 30.9 Å². The minimum atomic E-state index is -0.555. The third kappa shape index (κ3) is 5.63. The summed E-state index contributed by atoms with van der Waals surface area (Å²) in [7, 11) is 0. The molecule has 0 rings (SSSR count). The quantitative estimate of drug-likeness (QED) is 0.552. The molecular weight excluding hydrogens is 234 g/mol. The lowest BCUT2D eigenvalue weighted by atomic mass is 10.1. The standard InChI is InChI=1S/C9H13NOS3/c1-3-13-8(12)14-9(2,7-10)5-4-6-11/h6H,3-5H2,1-2H3. The summed E-state index contributed by atoms with van der Waals surface area (Å²) in [5.41, 5.74) is 0. The van der Waals surface area contributed by atoms with Gasteiger partial charge in [0.15, 0.2) is 0 Å². The minimum Gasteiger partial charge on any atom is -0.303 e. The molecule has 0 spiro atoms. The molecule has 78 valence electrons. The van der Waals surface area contributed by atoms with Gasteiger partial charge in [0.05, 0.1) is 6.07 Å². The number of carbonyl (C=O) groups excluding carboxylic acids is 1.